The van der Waals surface area contributed by atoms with Gasteiger partial charge in [0, 0.05) is 52.4 Å². The molecule has 0 aromatic rings. The molecule has 1 aliphatic rings. The van der Waals surface area contributed by atoms with Gasteiger partial charge in [0.15, 0.2) is 11.9 Å². The minimum absolute atomic E-state index is 0. The molecule has 8 N–H and O–H groups in total. The molecule has 20 heteroatoms. The fraction of sp³-hybridized carbons (Fsp3) is 0.857. The first-order valence-electron chi connectivity index (χ1n) is 9.52. The number of nitrogens with zero attached hydrogens (tertiary/aromatic N) is 5. The van der Waals surface area contributed by atoms with Gasteiger partial charge in [0.2, 0.25) is 0 Å². The van der Waals surface area contributed by atoms with Crippen molar-refractivity contribution in [3.8, 4) is 0 Å². The molecule has 1 radical (unpaired) electrons. The Bertz CT molecular complexity index is 504. The van der Waals surface area contributed by atoms with Crippen LogP contribution in [0.5, 0.6) is 0 Å². The normalized spacial score (nSPS) is 16.1. The molecule has 1 rings (SSSR count). The second-order valence-corrected chi connectivity index (χ2v) is 8.00. The molecule has 0 saturated carbocycles. The van der Waals surface area contributed by atoms with Crippen molar-refractivity contribution in [1.82, 2.24) is 14.7 Å². The Hall–Kier alpha value is -0.801. The summed E-state index contributed by atoms with van der Waals surface area (Å²) in [6, 6.07) is 0. The second-order valence-electron chi connectivity index (χ2n) is 6.49. The van der Waals surface area contributed by atoms with E-state index in [1.54, 1.807) is 0 Å². The molecule has 1 aliphatic heterocycles. The molecule has 0 atom stereocenters. The first-order valence-corrected chi connectivity index (χ1v) is 12.0. The van der Waals surface area contributed by atoms with Gasteiger partial charge in [-0.15, -0.1) is 20.5 Å². The second kappa shape index (κ2) is 20.4. The number of likely N-dealkylation sites (N-methyl/N-ethyl adjacent to an activating group) is 1. The average molecular weight is 590 g/mol. The summed E-state index contributed by atoms with van der Waals surface area (Å²) < 4.78 is 67.9. The number of hydrogen-bond donors (Lipinski definition) is 4. The van der Waals surface area contributed by atoms with E-state index in [9.17, 15) is 0 Å². The molecule has 0 aliphatic carbocycles. The van der Waals surface area contributed by atoms with Crippen LogP contribution in [-0.4, -0.2) is 98.6 Å². The van der Waals surface area contributed by atoms with Crippen molar-refractivity contribution >= 4 is 11.9 Å². The zero-order valence-electron chi connectivity index (χ0n) is 18.6. The average Bonchev–Trinajstić information content (AvgIpc) is 2.70. The molecule has 1 fully saturated rings. The number of hydrogen-bond acceptors (Lipinski definition) is 13. The van der Waals surface area contributed by atoms with Crippen LogP contribution in [0.1, 0.15) is 6.92 Å². The van der Waals surface area contributed by atoms with Crippen molar-refractivity contribution in [3.63, 3.8) is 0 Å². The number of halogens is 2. The number of nitrogens with two attached hydrogens (primary N) is 4. The van der Waals surface area contributed by atoms with Gasteiger partial charge in [0.25, 0.3) is 0 Å². The molecular formula is C14H33Cl2CuN9O8. The standard InChI is InChI=1S/C14H33N9.2ClHO4.Cu/c1-2-21-7-9-22(5-3-19-13(15)16)11-12-23(10-8-21)6-4-20-14(17)18;2*2-1(3,4)5;/h2-12H2,1H3,(H4,15,16,19)(H4,17,18,20);2*(H,2,3,4,5);/q;;;+2/p-2. The summed E-state index contributed by atoms with van der Waals surface area (Å²) in [7, 11) is -9.89. The topological polar surface area (TPSA) is 323 Å². The Balaban J connectivity index is -0.000000734. The van der Waals surface area contributed by atoms with E-state index < -0.39 is 20.5 Å². The maximum atomic E-state index is 8.49. The van der Waals surface area contributed by atoms with E-state index in [-0.39, 0.29) is 29.0 Å². The third kappa shape index (κ3) is 35.8. The van der Waals surface area contributed by atoms with Crippen LogP contribution in [0.15, 0.2) is 9.98 Å². The van der Waals surface area contributed by atoms with Crippen molar-refractivity contribution in [1.29, 1.82) is 0 Å². The molecule has 17 nitrogen and oxygen atoms in total. The molecule has 34 heavy (non-hydrogen) atoms. The van der Waals surface area contributed by atoms with Gasteiger partial charge in [-0.25, -0.2) is 37.3 Å². The van der Waals surface area contributed by atoms with Gasteiger partial charge in [-0.1, -0.05) is 6.92 Å². The van der Waals surface area contributed by atoms with Crippen LogP contribution in [0.4, 0.5) is 0 Å². The quantitative estimate of drug-likeness (QED) is 0.122. The smallest absolute Gasteiger partial charge is 0.370 e. The molecule has 207 valence electrons. The first kappa shape index (κ1) is 37.7. The molecule has 0 spiro atoms. The summed E-state index contributed by atoms with van der Waals surface area (Å²) in [6.07, 6.45) is 0. The zero-order chi connectivity index (χ0) is 26.1. The maximum absolute atomic E-state index is 8.49. The molecular weight excluding hydrogens is 557 g/mol. The largest absolute Gasteiger partial charge is 2.00 e. The van der Waals surface area contributed by atoms with E-state index in [1.165, 1.54) is 0 Å². The Morgan fingerprint density at radius 2 is 0.853 bits per heavy atom. The number of rotatable bonds is 7. The van der Waals surface area contributed by atoms with E-state index in [1.807, 2.05) is 0 Å². The van der Waals surface area contributed by atoms with Gasteiger partial charge in [0.1, 0.15) is 0 Å². The van der Waals surface area contributed by atoms with Crippen molar-refractivity contribution in [2.24, 2.45) is 32.9 Å². The van der Waals surface area contributed by atoms with E-state index in [2.05, 4.69) is 31.6 Å². The van der Waals surface area contributed by atoms with Crippen molar-refractivity contribution in [2.75, 3.05) is 72.0 Å². The summed E-state index contributed by atoms with van der Waals surface area (Å²) in [5.41, 5.74) is 21.6. The van der Waals surface area contributed by atoms with Crippen molar-refractivity contribution < 1.29 is 74.8 Å². The van der Waals surface area contributed by atoms with Crippen molar-refractivity contribution in [3.05, 3.63) is 0 Å². The van der Waals surface area contributed by atoms with Crippen LogP contribution in [0, 0.1) is 20.5 Å². The zero-order valence-corrected chi connectivity index (χ0v) is 21.1. The Kier molecular flexibility index (Phi) is 22.6. The Morgan fingerprint density at radius 3 is 1.06 bits per heavy atom. The Labute approximate surface area is 213 Å². The molecule has 0 bridgehead atoms. The van der Waals surface area contributed by atoms with E-state index in [0.29, 0.717) is 13.1 Å². The SMILES string of the molecule is CCN1CCN(CCN=C(N)N)CCN(CCN=C(N)N)CC1.[Cu+2].[O-][Cl+3]([O-])([O-])[O-].[O-][Cl+3]([O-])([O-])[O-]. The summed E-state index contributed by atoms with van der Waals surface area (Å²) in [6.45, 7) is 12.5. The fourth-order valence-electron chi connectivity index (χ4n) is 2.59. The molecule has 0 unspecified atom stereocenters. The van der Waals surface area contributed by atoms with Gasteiger partial charge in [0.05, 0.1) is 13.1 Å². The van der Waals surface area contributed by atoms with Crippen LogP contribution in [0.3, 0.4) is 0 Å². The molecule has 0 aromatic carbocycles. The van der Waals surface area contributed by atoms with Crippen LogP contribution >= 0.6 is 0 Å². The number of guanidine groups is 2. The van der Waals surface area contributed by atoms with Gasteiger partial charge in [-0.05, 0) is 6.54 Å². The van der Waals surface area contributed by atoms with E-state index in [4.69, 9.17) is 60.2 Å². The third-order valence-corrected chi connectivity index (χ3v) is 4.07. The van der Waals surface area contributed by atoms with E-state index >= 15 is 0 Å². The summed E-state index contributed by atoms with van der Waals surface area (Å²) in [5.74, 6) is 0.312. The molecule has 1 heterocycles. The summed E-state index contributed by atoms with van der Waals surface area (Å²) in [4.78, 5) is 15.4. The van der Waals surface area contributed by atoms with Gasteiger partial charge < -0.3 is 27.8 Å². The molecule has 0 aromatic heterocycles. The maximum Gasteiger partial charge on any atom is 2.00 e. The minimum atomic E-state index is -4.94. The van der Waals surface area contributed by atoms with Crippen LogP contribution in [0.25, 0.3) is 0 Å². The first-order chi connectivity index (χ1) is 15.0. The van der Waals surface area contributed by atoms with Gasteiger partial charge in [-0.3, -0.25) is 19.8 Å². The monoisotopic (exact) mass is 588 g/mol. The van der Waals surface area contributed by atoms with Gasteiger partial charge >= 0.3 is 17.1 Å². The van der Waals surface area contributed by atoms with Crippen LogP contribution in [-0.2, 0) is 17.1 Å². The van der Waals surface area contributed by atoms with E-state index in [0.717, 1.165) is 58.9 Å². The summed E-state index contributed by atoms with van der Waals surface area (Å²) >= 11 is 0. The Morgan fingerprint density at radius 1 is 0.618 bits per heavy atom. The number of aliphatic imine (C=N–C) groups is 2. The fourth-order valence-corrected chi connectivity index (χ4v) is 2.59. The molecule has 0 amide bonds. The van der Waals surface area contributed by atoms with Gasteiger partial charge in [-0.2, -0.15) is 0 Å². The summed E-state index contributed by atoms with van der Waals surface area (Å²) in [5, 5.41) is 0. The third-order valence-electron chi connectivity index (χ3n) is 4.07. The predicted molar refractivity (Wildman–Crippen MR) is 96.3 cm³/mol. The predicted octanol–water partition coefficient (Wildman–Crippen LogP) is -12.0. The minimum Gasteiger partial charge on any atom is -0.370 e. The van der Waals surface area contributed by atoms with Crippen LogP contribution < -0.4 is 60.2 Å². The van der Waals surface area contributed by atoms with Crippen molar-refractivity contribution in [2.45, 2.75) is 6.92 Å². The van der Waals surface area contributed by atoms with Crippen LogP contribution in [0.2, 0.25) is 0 Å². The molecule has 1 saturated heterocycles.